The topological polar surface area (TPSA) is 37.4 Å². The Morgan fingerprint density at radius 3 is 2.88 bits per heavy atom. The maximum absolute atomic E-state index is 5.02. The summed E-state index contributed by atoms with van der Waals surface area (Å²) in [6.45, 7) is 4.53. The number of aromatic nitrogens is 1. The zero-order valence-electron chi connectivity index (χ0n) is 10.4. The molecule has 0 saturated heterocycles. The summed E-state index contributed by atoms with van der Waals surface area (Å²) in [5.74, 6) is 0. The Hall–Kier alpha value is -0.490. The van der Waals surface area contributed by atoms with Crippen LogP contribution in [0.2, 0.25) is 0 Å². The van der Waals surface area contributed by atoms with Gasteiger partial charge < -0.3 is 15.0 Å². The van der Waals surface area contributed by atoms with Crippen molar-refractivity contribution in [3.05, 3.63) is 28.5 Å². The van der Waals surface area contributed by atoms with Gasteiger partial charge in [0.2, 0.25) is 0 Å². The lowest BCUT2D eigenvalue weighted by Crippen LogP contribution is -2.31. The molecule has 0 atom stereocenters. The maximum atomic E-state index is 5.02. The maximum Gasteiger partial charge on any atom is 0.0589 e. The number of ether oxygens (including phenoxy) is 1. The Balaban J connectivity index is 2.09. The van der Waals surface area contributed by atoms with E-state index in [1.165, 1.54) is 0 Å². The van der Waals surface area contributed by atoms with Crippen molar-refractivity contribution in [2.75, 3.05) is 40.4 Å². The van der Waals surface area contributed by atoms with Crippen LogP contribution in [0.4, 0.5) is 0 Å². The van der Waals surface area contributed by atoms with Gasteiger partial charge in [0.25, 0.3) is 0 Å². The van der Waals surface area contributed by atoms with Crippen molar-refractivity contribution in [1.29, 1.82) is 0 Å². The van der Waals surface area contributed by atoms with E-state index in [0.29, 0.717) is 0 Å². The fourth-order valence-corrected chi connectivity index (χ4v) is 1.59. The Bertz CT molecular complexity index is 305. The lowest BCUT2D eigenvalue weighted by Gasteiger charge is -2.16. The molecule has 0 spiro atoms. The number of methoxy groups -OCH3 is 1. The fraction of sp³-hybridized carbons (Fsp3) is 0.583. The van der Waals surface area contributed by atoms with E-state index >= 15 is 0 Å². The molecule has 1 rings (SSSR count). The van der Waals surface area contributed by atoms with Crippen LogP contribution in [0, 0.1) is 0 Å². The van der Waals surface area contributed by atoms with Crippen molar-refractivity contribution in [2.24, 2.45) is 0 Å². The molecule has 0 aliphatic rings. The second-order valence-electron chi connectivity index (χ2n) is 3.94. The number of nitrogens with zero attached hydrogens (tertiary/aromatic N) is 2. The normalized spacial score (nSPS) is 11.1. The first kappa shape index (κ1) is 14.6. The van der Waals surface area contributed by atoms with Crippen LogP contribution in [0.15, 0.2) is 22.8 Å². The molecule has 96 valence electrons. The van der Waals surface area contributed by atoms with Crippen molar-refractivity contribution in [1.82, 2.24) is 15.2 Å². The highest BCUT2D eigenvalue weighted by molar-refractivity contribution is 9.10. The first-order valence-corrected chi connectivity index (χ1v) is 6.50. The summed E-state index contributed by atoms with van der Waals surface area (Å²) in [6, 6.07) is 4.03. The van der Waals surface area contributed by atoms with Gasteiger partial charge in [-0.15, -0.1) is 0 Å². The zero-order valence-corrected chi connectivity index (χ0v) is 12.0. The van der Waals surface area contributed by atoms with E-state index in [1.807, 2.05) is 18.3 Å². The van der Waals surface area contributed by atoms with Crippen LogP contribution in [-0.4, -0.2) is 50.3 Å². The largest absolute Gasteiger partial charge is 0.383 e. The molecule has 0 aliphatic heterocycles. The van der Waals surface area contributed by atoms with Crippen molar-refractivity contribution >= 4 is 15.9 Å². The van der Waals surface area contributed by atoms with E-state index in [4.69, 9.17) is 4.74 Å². The summed E-state index contributed by atoms with van der Waals surface area (Å²) < 4.78 is 6.04. The summed E-state index contributed by atoms with van der Waals surface area (Å²) >= 11 is 3.37. The minimum absolute atomic E-state index is 0.783. The minimum atomic E-state index is 0.783. The number of halogens is 1. The van der Waals surface area contributed by atoms with Gasteiger partial charge in [-0.05, 0) is 35.1 Å². The lowest BCUT2D eigenvalue weighted by molar-refractivity contribution is 0.161. The fourth-order valence-electron chi connectivity index (χ4n) is 1.36. The monoisotopic (exact) mass is 301 g/mol. The molecule has 0 fully saturated rings. The number of nitrogens with one attached hydrogen (secondary N) is 1. The lowest BCUT2D eigenvalue weighted by atomic mass is 10.3. The highest BCUT2D eigenvalue weighted by Crippen LogP contribution is 2.06. The molecule has 1 aromatic rings. The molecule has 0 aliphatic carbocycles. The number of hydrogen-bond acceptors (Lipinski definition) is 4. The molecule has 1 N–H and O–H groups in total. The average molecular weight is 302 g/mol. The van der Waals surface area contributed by atoms with E-state index in [9.17, 15) is 0 Å². The Kier molecular flexibility index (Phi) is 7.35. The second kappa shape index (κ2) is 8.58. The molecule has 0 saturated carbocycles. The number of hydrogen-bond donors (Lipinski definition) is 1. The molecule has 5 heteroatoms. The van der Waals surface area contributed by atoms with Crippen molar-refractivity contribution in [3.8, 4) is 0 Å². The van der Waals surface area contributed by atoms with E-state index in [1.54, 1.807) is 7.11 Å². The highest BCUT2D eigenvalue weighted by Gasteiger charge is 1.98. The summed E-state index contributed by atoms with van der Waals surface area (Å²) in [6.07, 6.45) is 1.82. The van der Waals surface area contributed by atoms with Gasteiger partial charge in [-0.25, -0.2) is 0 Å². The van der Waals surface area contributed by atoms with Gasteiger partial charge >= 0.3 is 0 Å². The predicted octanol–water partition coefficient (Wildman–Crippen LogP) is 1.51. The van der Waals surface area contributed by atoms with Crippen molar-refractivity contribution in [2.45, 2.75) is 6.54 Å². The molecule has 0 amide bonds. The van der Waals surface area contributed by atoms with Crippen LogP contribution in [-0.2, 0) is 11.3 Å². The van der Waals surface area contributed by atoms with Gasteiger partial charge in [-0.1, -0.05) is 0 Å². The third-order valence-electron chi connectivity index (χ3n) is 2.44. The zero-order chi connectivity index (χ0) is 12.5. The Labute approximate surface area is 111 Å². The molecular formula is C12H20BrN3O. The van der Waals surface area contributed by atoms with Crippen molar-refractivity contribution in [3.63, 3.8) is 0 Å². The van der Waals surface area contributed by atoms with Gasteiger partial charge in [0.1, 0.15) is 0 Å². The van der Waals surface area contributed by atoms with Crippen LogP contribution in [0.25, 0.3) is 0 Å². The molecule has 0 bridgehead atoms. The summed E-state index contributed by atoms with van der Waals surface area (Å²) in [7, 11) is 3.82. The van der Waals surface area contributed by atoms with Crippen LogP contribution >= 0.6 is 15.9 Å². The molecule has 17 heavy (non-hydrogen) atoms. The van der Waals surface area contributed by atoms with E-state index in [2.05, 4.69) is 38.2 Å². The summed E-state index contributed by atoms with van der Waals surface area (Å²) in [5, 5.41) is 3.37. The summed E-state index contributed by atoms with van der Waals surface area (Å²) in [4.78, 5) is 6.54. The van der Waals surface area contributed by atoms with Gasteiger partial charge in [0, 0.05) is 44.0 Å². The molecule has 0 aromatic carbocycles. The number of pyridine rings is 1. The Morgan fingerprint density at radius 1 is 1.41 bits per heavy atom. The van der Waals surface area contributed by atoms with Crippen LogP contribution in [0.3, 0.4) is 0 Å². The molecular weight excluding hydrogens is 282 g/mol. The number of rotatable bonds is 8. The molecule has 1 heterocycles. The van der Waals surface area contributed by atoms with E-state index in [-0.39, 0.29) is 0 Å². The smallest absolute Gasteiger partial charge is 0.0589 e. The average Bonchev–Trinajstić information content (AvgIpc) is 2.34. The number of likely N-dealkylation sites (N-methyl/N-ethyl adjacent to an activating group) is 1. The quantitative estimate of drug-likeness (QED) is 0.739. The standard InChI is InChI=1S/C12H20BrN3O/c1-16(7-8-17-2)6-5-14-10-12-4-3-11(13)9-15-12/h3-4,9,14H,5-8,10H2,1-2H3. The van der Waals surface area contributed by atoms with Crippen molar-refractivity contribution < 1.29 is 4.74 Å². The Morgan fingerprint density at radius 2 is 2.24 bits per heavy atom. The van der Waals surface area contributed by atoms with Gasteiger partial charge in [0.05, 0.1) is 12.3 Å². The van der Waals surface area contributed by atoms with Gasteiger partial charge in [-0.2, -0.15) is 0 Å². The molecule has 4 nitrogen and oxygen atoms in total. The molecule has 1 aromatic heterocycles. The highest BCUT2D eigenvalue weighted by atomic mass is 79.9. The predicted molar refractivity (Wildman–Crippen MR) is 73.0 cm³/mol. The first-order valence-electron chi connectivity index (χ1n) is 5.71. The third kappa shape index (κ3) is 6.73. The first-order chi connectivity index (χ1) is 8.22. The SMILES string of the molecule is COCCN(C)CCNCc1ccc(Br)cn1. The van der Waals surface area contributed by atoms with E-state index in [0.717, 1.165) is 43.0 Å². The van der Waals surface area contributed by atoms with Crippen LogP contribution < -0.4 is 5.32 Å². The summed E-state index contributed by atoms with van der Waals surface area (Å²) in [5.41, 5.74) is 1.06. The second-order valence-corrected chi connectivity index (χ2v) is 4.86. The van der Waals surface area contributed by atoms with Gasteiger partial charge in [0.15, 0.2) is 0 Å². The van der Waals surface area contributed by atoms with Crippen LogP contribution in [0.1, 0.15) is 5.69 Å². The van der Waals surface area contributed by atoms with Gasteiger partial charge in [-0.3, -0.25) is 4.98 Å². The molecule has 0 unspecified atom stereocenters. The van der Waals surface area contributed by atoms with Crippen LogP contribution in [0.5, 0.6) is 0 Å². The third-order valence-corrected chi connectivity index (χ3v) is 2.91. The molecule has 0 radical (unpaired) electrons. The van der Waals surface area contributed by atoms with E-state index < -0.39 is 0 Å². The minimum Gasteiger partial charge on any atom is -0.383 e.